The average molecular weight is 266 g/mol. The van der Waals surface area contributed by atoms with E-state index in [1.807, 2.05) is 4.72 Å². The Balaban J connectivity index is 2.85. The topological polar surface area (TPSA) is 113 Å². The Morgan fingerprint density at radius 3 is 2.29 bits per heavy atom. The first-order valence-corrected chi connectivity index (χ1v) is 6.23. The molecule has 98 valence electrons. The van der Waals surface area contributed by atoms with Crippen molar-refractivity contribution in [1.82, 2.24) is 9.03 Å². The Bertz CT molecular complexity index is 437. The van der Waals surface area contributed by atoms with Gasteiger partial charge in [-0.3, -0.25) is 4.79 Å². The van der Waals surface area contributed by atoms with Gasteiger partial charge in [0.05, 0.1) is 6.54 Å². The van der Waals surface area contributed by atoms with Gasteiger partial charge in [0, 0.05) is 0 Å². The summed E-state index contributed by atoms with van der Waals surface area (Å²) in [5.41, 5.74) is -0.853. The summed E-state index contributed by atoms with van der Waals surface area (Å²) in [6, 6.07) is -1.34. The molecule has 0 unspecified atom stereocenters. The van der Waals surface area contributed by atoms with Crippen LogP contribution in [0.1, 0.15) is 20.8 Å². The first kappa shape index (κ1) is 13.7. The van der Waals surface area contributed by atoms with Crippen molar-refractivity contribution in [1.29, 1.82) is 0 Å². The number of carboxylic acid groups (broad SMARTS) is 1. The molecule has 0 spiro atoms. The van der Waals surface area contributed by atoms with Gasteiger partial charge < -0.3 is 9.84 Å². The number of carboxylic acids is 1. The highest BCUT2D eigenvalue weighted by atomic mass is 32.2. The zero-order chi connectivity index (χ0) is 13.4. The maximum absolute atomic E-state index is 11.5. The summed E-state index contributed by atoms with van der Waals surface area (Å²) in [5, 5.41) is 8.67. The van der Waals surface area contributed by atoms with Crippen LogP contribution in [0.5, 0.6) is 0 Å². The van der Waals surface area contributed by atoms with Crippen LogP contribution in [-0.2, 0) is 19.7 Å². The lowest BCUT2D eigenvalue weighted by Gasteiger charge is -2.22. The molecule has 0 aromatic rings. The molecule has 0 saturated carbocycles. The first-order chi connectivity index (χ1) is 7.53. The molecule has 1 heterocycles. The third-order valence-electron chi connectivity index (χ3n) is 1.82. The first-order valence-electron chi connectivity index (χ1n) is 4.79. The monoisotopic (exact) mass is 266 g/mol. The molecule has 1 fully saturated rings. The van der Waals surface area contributed by atoms with Gasteiger partial charge in [0.25, 0.3) is 0 Å². The van der Waals surface area contributed by atoms with Crippen LogP contribution in [0.15, 0.2) is 0 Å². The zero-order valence-electron chi connectivity index (χ0n) is 9.63. The number of carbonyl (C=O) groups is 2. The molecule has 17 heavy (non-hydrogen) atoms. The summed E-state index contributed by atoms with van der Waals surface area (Å²) in [6.45, 7) is 4.26. The lowest BCUT2D eigenvalue weighted by Crippen LogP contribution is -2.39. The van der Waals surface area contributed by atoms with Gasteiger partial charge >= 0.3 is 22.3 Å². The lowest BCUT2D eigenvalue weighted by atomic mass is 10.2. The van der Waals surface area contributed by atoms with E-state index in [9.17, 15) is 18.0 Å². The van der Waals surface area contributed by atoms with Crippen LogP contribution in [0, 0.1) is 0 Å². The van der Waals surface area contributed by atoms with E-state index >= 15 is 0 Å². The van der Waals surface area contributed by atoms with Crippen LogP contribution in [-0.4, -0.2) is 48.1 Å². The van der Waals surface area contributed by atoms with Crippen molar-refractivity contribution < 1.29 is 27.9 Å². The van der Waals surface area contributed by atoms with Crippen LogP contribution in [0.25, 0.3) is 0 Å². The Kier molecular flexibility index (Phi) is 3.35. The lowest BCUT2D eigenvalue weighted by molar-refractivity contribution is -0.138. The predicted molar refractivity (Wildman–Crippen MR) is 56.4 cm³/mol. The molecule has 9 heteroatoms. The molecule has 0 bridgehead atoms. The van der Waals surface area contributed by atoms with E-state index in [1.165, 1.54) is 0 Å². The summed E-state index contributed by atoms with van der Waals surface area (Å²) >= 11 is 0. The Morgan fingerprint density at radius 1 is 1.41 bits per heavy atom. The van der Waals surface area contributed by atoms with Gasteiger partial charge in [-0.05, 0) is 20.8 Å². The fourth-order valence-corrected chi connectivity index (χ4v) is 2.40. The highest BCUT2D eigenvalue weighted by Gasteiger charge is 2.43. The molecular weight excluding hydrogens is 252 g/mol. The summed E-state index contributed by atoms with van der Waals surface area (Å²) in [6.07, 6.45) is -1.09. The van der Waals surface area contributed by atoms with Gasteiger partial charge in [-0.25, -0.2) is 4.79 Å². The number of ether oxygens (including phenoxy) is 1. The van der Waals surface area contributed by atoms with Crippen molar-refractivity contribution in [2.45, 2.75) is 32.4 Å². The zero-order valence-corrected chi connectivity index (χ0v) is 10.4. The van der Waals surface area contributed by atoms with E-state index in [1.54, 1.807) is 20.8 Å². The van der Waals surface area contributed by atoms with Crippen molar-refractivity contribution in [3.63, 3.8) is 0 Å². The predicted octanol–water partition coefficient (Wildman–Crippen LogP) is -0.475. The van der Waals surface area contributed by atoms with Crippen LogP contribution >= 0.6 is 0 Å². The maximum atomic E-state index is 11.5. The molecule has 1 rings (SSSR count). The molecule has 1 amide bonds. The minimum absolute atomic E-state index is 0.372. The molecule has 0 aromatic heterocycles. The number of rotatable bonds is 1. The second kappa shape index (κ2) is 4.15. The molecule has 1 atom stereocenters. The van der Waals surface area contributed by atoms with Crippen molar-refractivity contribution in [2.75, 3.05) is 6.54 Å². The number of amides is 1. The van der Waals surface area contributed by atoms with Crippen LogP contribution in [0.3, 0.4) is 0 Å². The van der Waals surface area contributed by atoms with Crippen LogP contribution in [0.4, 0.5) is 4.79 Å². The number of hydrogen-bond acceptors (Lipinski definition) is 5. The number of nitrogens with one attached hydrogen (secondary N) is 1. The van der Waals surface area contributed by atoms with Gasteiger partial charge in [-0.1, -0.05) is 0 Å². The van der Waals surface area contributed by atoms with Gasteiger partial charge in [0.15, 0.2) is 0 Å². The molecule has 8 nitrogen and oxygen atoms in total. The SMILES string of the molecule is CC(C)(C)OC(=O)N1C[C@@H](C(=O)O)NS1(=O)=O. The fourth-order valence-electron chi connectivity index (χ4n) is 1.16. The Morgan fingerprint density at radius 2 is 1.94 bits per heavy atom. The van der Waals surface area contributed by atoms with Gasteiger partial charge in [0.1, 0.15) is 11.6 Å². The molecular formula is C8H14N2O6S. The fraction of sp³-hybridized carbons (Fsp3) is 0.750. The Hall–Kier alpha value is -1.35. The molecule has 1 aliphatic rings. The molecule has 2 N–H and O–H groups in total. The Labute approximate surface area is 98.7 Å². The van der Waals surface area contributed by atoms with Crippen LogP contribution < -0.4 is 4.72 Å². The molecule has 1 aliphatic heterocycles. The number of nitrogens with zero attached hydrogens (tertiary/aromatic N) is 1. The third-order valence-corrected chi connectivity index (χ3v) is 3.29. The highest BCUT2D eigenvalue weighted by Crippen LogP contribution is 2.16. The molecule has 0 aromatic carbocycles. The maximum Gasteiger partial charge on any atom is 0.425 e. The molecule has 0 aliphatic carbocycles. The quantitative estimate of drug-likeness (QED) is 0.663. The van der Waals surface area contributed by atoms with Gasteiger partial charge in [0.2, 0.25) is 0 Å². The van der Waals surface area contributed by atoms with Crippen molar-refractivity contribution in [3.8, 4) is 0 Å². The number of carbonyl (C=O) groups excluding carboxylic acids is 1. The second-order valence-electron chi connectivity index (χ2n) is 4.53. The molecule has 0 radical (unpaired) electrons. The third kappa shape index (κ3) is 3.30. The minimum Gasteiger partial charge on any atom is -0.480 e. The van der Waals surface area contributed by atoms with E-state index in [-0.39, 0.29) is 0 Å². The van der Waals surface area contributed by atoms with Crippen LogP contribution in [0.2, 0.25) is 0 Å². The van der Waals surface area contributed by atoms with Gasteiger partial charge in [-0.15, -0.1) is 0 Å². The minimum atomic E-state index is -4.12. The normalized spacial score (nSPS) is 23.5. The van der Waals surface area contributed by atoms with E-state index in [0.29, 0.717) is 4.31 Å². The van der Waals surface area contributed by atoms with E-state index in [4.69, 9.17) is 9.84 Å². The number of hydrogen-bond donors (Lipinski definition) is 2. The van der Waals surface area contributed by atoms with E-state index in [0.717, 1.165) is 0 Å². The highest BCUT2D eigenvalue weighted by molar-refractivity contribution is 7.88. The van der Waals surface area contributed by atoms with Gasteiger partial charge in [-0.2, -0.15) is 17.4 Å². The molecule has 1 saturated heterocycles. The average Bonchev–Trinajstić information content (AvgIpc) is 2.38. The van der Waals surface area contributed by atoms with Crippen molar-refractivity contribution in [2.24, 2.45) is 0 Å². The van der Waals surface area contributed by atoms with Crippen molar-refractivity contribution in [3.05, 3.63) is 0 Å². The summed E-state index contributed by atoms with van der Waals surface area (Å²) in [7, 11) is -4.12. The van der Waals surface area contributed by atoms with E-state index in [2.05, 4.69) is 0 Å². The standard InChI is InChI=1S/C8H14N2O6S/c1-8(2,3)16-7(13)10-4-5(6(11)12)9-17(10,14)15/h5,9H,4H2,1-3H3,(H,11,12)/t5-/m0/s1. The summed E-state index contributed by atoms with van der Waals surface area (Å²) < 4.78 is 30.0. The van der Waals surface area contributed by atoms with E-state index < -0.39 is 40.5 Å². The summed E-state index contributed by atoms with van der Waals surface area (Å²) in [4.78, 5) is 22.2. The van der Waals surface area contributed by atoms with Crippen molar-refractivity contribution >= 4 is 22.3 Å². The summed E-state index contributed by atoms with van der Waals surface area (Å²) in [5.74, 6) is -1.35. The number of aliphatic carboxylic acids is 1. The smallest absolute Gasteiger partial charge is 0.425 e. The largest absolute Gasteiger partial charge is 0.480 e. The second-order valence-corrected chi connectivity index (χ2v) is 6.15.